The van der Waals surface area contributed by atoms with Gasteiger partial charge in [0.1, 0.15) is 5.15 Å². The molecule has 0 aliphatic heterocycles. The van der Waals surface area contributed by atoms with E-state index in [0.29, 0.717) is 18.2 Å². The van der Waals surface area contributed by atoms with Crippen LogP contribution in [0.1, 0.15) is 28.8 Å². The number of rotatable bonds is 4. The highest BCUT2D eigenvalue weighted by Gasteiger charge is 2.34. The maximum absolute atomic E-state index is 12.8. The second-order valence-corrected chi connectivity index (χ2v) is 6.42. The lowest BCUT2D eigenvalue weighted by Crippen LogP contribution is -2.33. The van der Waals surface area contributed by atoms with E-state index in [0.717, 1.165) is 22.9 Å². The minimum Gasteiger partial charge on any atom is -0.331 e. The highest BCUT2D eigenvalue weighted by atomic mass is 79.9. The number of carbonyl (C=O) groups is 1. The molecule has 5 heteroatoms. The minimum absolute atomic E-state index is 0.0554. The fraction of sp³-hybridized carbons (Fsp3) is 0.250. The van der Waals surface area contributed by atoms with Crippen LogP contribution < -0.4 is 0 Å². The SMILES string of the molecule is O=C(c1cc(Br)cnc1Cl)N(Cc1ccccc1)C1CC1. The molecule has 1 aromatic heterocycles. The fourth-order valence-corrected chi connectivity index (χ4v) is 2.78. The Labute approximate surface area is 137 Å². The molecular formula is C16H14BrClN2O. The second-order valence-electron chi connectivity index (χ2n) is 5.14. The molecule has 21 heavy (non-hydrogen) atoms. The van der Waals surface area contributed by atoms with Gasteiger partial charge in [0.2, 0.25) is 0 Å². The molecule has 1 fully saturated rings. The molecule has 0 saturated heterocycles. The summed E-state index contributed by atoms with van der Waals surface area (Å²) in [5, 5.41) is 0.252. The molecule has 1 saturated carbocycles. The number of amides is 1. The van der Waals surface area contributed by atoms with Crippen LogP contribution in [-0.4, -0.2) is 21.8 Å². The summed E-state index contributed by atoms with van der Waals surface area (Å²) in [5.41, 5.74) is 1.57. The summed E-state index contributed by atoms with van der Waals surface area (Å²) in [4.78, 5) is 18.7. The third kappa shape index (κ3) is 3.44. The molecule has 2 aromatic rings. The molecule has 1 aromatic carbocycles. The Bertz CT molecular complexity index is 659. The summed E-state index contributed by atoms with van der Waals surface area (Å²) in [7, 11) is 0. The lowest BCUT2D eigenvalue weighted by atomic mass is 10.2. The fourth-order valence-electron chi connectivity index (χ4n) is 2.26. The van der Waals surface area contributed by atoms with Gasteiger partial charge < -0.3 is 4.90 Å². The number of hydrogen-bond donors (Lipinski definition) is 0. The standard InChI is InChI=1S/C16H14BrClN2O/c17-12-8-14(15(18)19-9-12)16(21)20(13-6-7-13)10-11-4-2-1-3-5-11/h1-5,8-9,13H,6-7,10H2. The van der Waals surface area contributed by atoms with E-state index in [2.05, 4.69) is 20.9 Å². The van der Waals surface area contributed by atoms with E-state index in [1.807, 2.05) is 35.2 Å². The van der Waals surface area contributed by atoms with Gasteiger partial charge in [-0.15, -0.1) is 0 Å². The molecule has 1 aliphatic rings. The Morgan fingerprint density at radius 1 is 1.33 bits per heavy atom. The van der Waals surface area contributed by atoms with Gasteiger partial charge in [0, 0.05) is 23.3 Å². The van der Waals surface area contributed by atoms with Crippen LogP contribution >= 0.6 is 27.5 Å². The third-order valence-electron chi connectivity index (χ3n) is 3.48. The molecule has 108 valence electrons. The Balaban J connectivity index is 1.87. The van der Waals surface area contributed by atoms with E-state index in [1.54, 1.807) is 12.3 Å². The van der Waals surface area contributed by atoms with Crippen molar-refractivity contribution < 1.29 is 4.79 Å². The van der Waals surface area contributed by atoms with Gasteiger partial charge in [-0.3, -0.25) is 4.79 Å². The van der Waals surface area contributed by atoms with E-state index in [-0.39, 0.29) is 11.1 Å². The summed E-state index contributed by atoms with van der Waals surface area (Å²) >= 11 is 9.43. The van der Waals surface area contributed by atoms with Crippen molar-refractivity contribution in [2.75, 3.05) is 0 Å². The number of carbonyl (C=O) groups excluding carboxylic acids is 1. The van der Waals surface area contributed by atoms with Gasteiger partial charge >= 0.3 is 0 Å². The average Bonchev–Trinajstić information content (AvgIpc) is 3.32. The van der Waals surface area contributed by atoms with Crippen LogP contribution in [-0.2, 0) is 6.54 Å². The van der Waals surface area contributed by atoms with Crippen molar-refractivity contribution in [2.24, 2.45) is 0 Å². The quantitative estimate of drug-likeness (QED) is 0.757. The second kappa shape index (κ2) is 6.16. The molecular weight excluding hydrogens is 352 g/mol. The minimum atomic E-state index is -0.0554. The van der Waals surface area contributed by atoms with Crippen molar-refractivity contribution in [2.45, 2.75) is 25.4 Å². The molecule has 1 heterocycles. The molecule has 0 atom stereocenters. The van der Waals surface area contributed by atoms with Crippen molar-refractivity contribution >= 4 is 33.4 Å². The van der Waals surface area contributed by atoms with Gasteiger partial charge in [-0.1, -0.05) is 41.9 Å². The summed E-state index contributed by atoms with van der Waals surface area (Å²) in [6, 6.07) is 12.1. The summed E-state index contributed by atoms with van der Waals surface area (Å²) < 4.78 is 0.755. The third-order valence-corrected chi connectivity index (χ3v) is 4.22. The predicted octanol–water partition coefficient (Wildman–Crippen LogP) is 4.30. The van der Waals surface area contributed by atoms with Crippen LogP contribution in [0.15, 0.2) is 47.1 Å². The first-order valence-corrected chi connectivity index (χ1v) is 7.98. The maximum atomic E-state index is 12.8. The number of aromatic nitrogens is 1. The van der Waals surface area contributed by atoms with Crippen molar-refractivity contribution in [3.05, 3.63) is 63.3 Å². The molecule has 3 rings (SSSR count). The molecule has 0 radical (unpaired) electrons. The smallest absolute Gasteiger partial charge is 0.257 e. The molecule has 0 N–H and O–H groups in total. The Kier molecular flexibility index (Phi) is 4.27. The van der Waals surface area contributed by atoms with Crippen LogP contribution in [0.5, 0.6) is 0 Å². The van der Waals surface area contributed by atoms with Crippen LogP contribution in [0.4, 0.5) is 0 Å². The zero-order chi connectivity index (χ0) is 14.8. The lowest BCUT2D eigenvalue weighted by molar-refractivity contribution is 0.0729. The average molecular weight is 366 g/mol. The normalized spacial score (nSPS) is 14.0. The van der Waals surface area contributed by atoms with Crippen molar-refractivity contribution in [3.63, 3.8) is 0 Å². The van der Waals surface area contributed by atoms with Crippen LogP contribution in [0.2, 0.25) is 5.15 Å². The van der Waals surface area contributed by atoms with Crippen LogP contribution in [0, 0.1) is 0 Å². The number of hydrogen-bond acceptors (Lipinski definition) is 2. The van der Waals surface area contributed by atoms with Crippen molar-refractivity contribution in [1.82, 2.24) is 9.88 Å². The van der Waals surface area contributed by atoms with Gasteiger partial charge in [0.25, 0.3) is 5.91 Å². The van der Waals surface area contributed by atoms with Gasteiger partial charge in [-0.05, 0) is 40.4 Å². The van der Waals surface area contributed by atoms with E-state index in [1.165, 1.54) is 0 Å². The molecule has 0 spiro atoms. The van der Waals surface area contributed by atoms with Gasteiger partial charge in [0.05, 0.1) is 5.56 Å². The van der Waals surface area contributed by atoms with Crippen LogP contribution in [0.3, 0.4) is 0 Å². The first-order valence-electron chi connectivity index (χ1n) is 6.81. The monoisotopic (exact) mass is 364 g/mol. The Hall–Kier alpha value is -1.39. The lowest BCUT2D eigenvalue weighted by Gasteiger charge is -2.23. The summed E-state index contributed by atoms with van der Waals surface area (Å²) in [6.07, 6.45) is 3.70. The van der Waals surface area contributed by atoms with Gasteiger partial charge in [-0.25, -0.2) is 4.98 Å². The predicted molar refractivity (Wildman–Crippen MR) is 86.3 cm³/mol. The number of benzene rings is 1. The first-order chi connectivity index (χ1) is 10.1. The first kappa shape index (κ1) is 14.5. The Morgan fingerprint density at radius 2 is 2.05 bits per heavy atom. The molecule has 1 aliphatic carbocycles. The van der Waals surface area contributed by atoms with E-state index in [9.17, 15) is 4.79 Å². The molecule has 3 nitrogen and oxygen atoms in total. The number of nitrogens with zero attached hydrogens (tertiary/aromatic N) is 2. The van der Waals surface area contributed by atoms with E-state index in [4.69, 9.17) is 11.6 Å². The Morgan fingerprint density at radius 3 is 2.71 bits per heavy atom. The molecule has 1 amide bonds. The topological polar surface area (TPSA) is 33.2 Å². The highest BCUT2D eigenvalue weighted by molar-refractivity contribution is 9.10. The van der Waals surface area contributed by atoms with E-state index < -0.39 is 0 Å². The maximum Gasteiger partial charge on any atom is 0.257 e. The van der Waals surface area contributed by atoms with E-state index >= 15 is 0 Å². The van der Waals surface area contributed by atoms with Gasteiger partial charge in [0.15, 0.2) is 0 Å². The zero-order valence-electron chi connectivity index (χ0n) is 11.3. The molecule has 0 unspecified atom stereocenters. The molecule has 0 bridgehead atoms. The zero-order valence-corrected chi connectivity index (χ0v) is 13.6. The number of pyridine rings is 1. The summed E-state index contributed by atoms with van der Waals surface area (Å²) in [5.74, 6) is -0.0554. The van der Waals surface area contributed by atoms with Crippen molar-refractivity contribution in [1.29, 1.82) is 0 Å². The largest absolute Gasteiger partial charge is 0.331 e. The van der Waals surface area contributed by atoms with Crippen molar-refractivity contribution in [3.8, 4) is 0 Å². The summed E-state index contributed by atoms with van der Waals surface area (Å²) in [6.45, 7) is 0.604. The van der Waals surface area contributed by atoms with Crippen LogP contribution in [0.25, 0.3) is 0 Å². The highest BCUT2D eigenvalue weighted by Crippen LogP contribution is 2.31. The van der Waals surface area contributed by atoms with Gasteiger partial charge in [-0.2, -0.15) is 0 Å². The number of halogens is 2.